The van der Waals surface area contributed by atoms with Crippen molar-refractivity contribution in [1.82, 2.24) is 14.7 Å². The van der Waals surface area contributed by atoms with Gasteiger partial charge >= 0.3 is 18.2 Å². The summed E-state index contributed by atoms with van der Waals surface area (Å²) in [5, 5.41) is 10.3. The number of aliphatic carboxylic acids is 1. The van der Waals surface area contributed by atoms with Crippen LogP contribution in [-0.2, 0) is 9.53 Å². The first-order chi connectivity index (χ1) is 21.5. The smallest absolute Gasteiger partial charge is 0.475 e. The number of amides is 2. The molecule has 3 saturated heterocycles. The lowest BCUT2D eigenvalue weighted by atomic mass is 9.80. The van der Waals surface area contributed by atoms with Gasteiger partial charge in [0.05, 0.1) is 11.6 Å². The number of benzene rings is 1. The molecule has 0 radical (unpaired) electrons. The van der Waals surface area contributed by atoms with E-state index in [0.29, 0.717) is 12.0 Å². The molecule has 2 amide bonds. The van der Waals surface area contributed by atoms with Crippen LogP contribution in [0.15, 0.2) is 24.3 Å². The number of alkyl halides is 3. The van der Waals surface area contributed by atoms with Crippen LogP contribution in [0.4, 0.5) is 23.7 Å². The highest BCUT2D eigenvalue weighted by molar-refractivity contribution is 5.99. The van der Waals surface area contributed by atoms with E-state index in [4.69, 9.17) is 14.6 Å². The number of para-hydroxylation sites is 1. The Balaban J connectivity index is 0.000000591. The predicted molar refractivity (Wildman–Crippen MR) is 165 cm³/mol. The van der Waals surface area contributed by atoms with Crippen molar-refractivity contribution in [2.24, 2.45) is 5.92 Å². The fraction of sp³-hybridized carbons (Fsp3) is 0.727. The molecule has 1 unspecified atom stereocenters. The van der Waals surface area contributed by atoms with Crippen molar-refractivity contribution in [3.05, 3.63) is 29.8 Å². The van der Waals surface area contributed by atoms with Crippen LogP contribution < -0.4 is 5.32 Å². The molecule has 1 aliphatic carbocycles. The van der Waals surface area contributed by atoms with Crippen LogP contribution in [0.1, 0.15) is 94.3 Å². The predicted octanol–water partition coefficient (Wildman–Crippen LogP) is 6.39. The molecule has 12 heteroatoms. The van der Waals surface area contributed by atoms with Gasteiger partial charge < -0.3 is 25.0 Å². The molecule has 4 aliphatic rings. The lowest BCUT2D eigenvalue weighted by Gasteiger charge is -2.46. The summed E-state index contributed by atoms with van der Waals surface area (Å²) >= 11 is 0. The molecule has 2 N–H and O–H groups in total. The largest absolute Gasteiger partial charge is 0.490 e. The third-order valence-corrected chi connectivity index (χ3v) is 10.1. The third-order valence-electron chi connectivity index (χ3n) is 10.1. The molecule has 252 valence electrons. The molecule has 0 bridgehead atoms. The number of halogens is 3. The number of nitrogens with one attached hydrogen (secondary N) is 1. The maximum Gasteiger partial charge on any atom is 0.490 e. The Hall–Kier alpha value is -3.02. The fourth-order valence-electron chi connectivity index (χ4n) is 7.57. The standard InChI is InChI=1S/C31H48N4O3.C2HF3O2/c1-3-4-14-28-31(38-30(37)35(28)23-24-10-6-5-7-11-24)17-21-33(22-18-31)25-15-19-34(20-16-25)29(36)26-12-8-9-13-27(26)32-2;3-2(4,5)1(6)7/h8-9,12-13,24-25,28,32H,3-7,10-11,14-23H2,1-2H3;(H,6,7). The van der Waals surface area contributed by atoms with Crippen LogP contribution in [0.2, 0.25) is 0 Å². The minimum Gasteiger partial charge on any atom is -0.475 e. The van der Waals surface area contributed by atoms with Gasteiger partial charge in [-0.05, 0) is 50.2 Å². The summed E-state index contributed by atoms with van der Waals surface area (Å²) in [4.78, 5) is 42.0. The molecular formula is C33H49F3N4O5. The van der Waals surface area contributed by atoms with E-state index in [9.17, 15) is 22.8 Å². The van der Waals surface area contributed by atoms with E-state index >= 15 is 0 Å². The summed E-state index contributed by atoms with van der Waals surface area (Å²) in [6.07, 6.45) is 8.57. The molecular weight excluding hydrogens is 589 g/mol. The number of ether oxygens (including phenoxy) is 1. The molecule has 5 rings (SSSR count). The van der Waals surface area contributed by atoms with Gasteiger partial charge in [-0.3, -0.25) is 9.69 Å². The summed E-state index contributed by atoms with van der Waals surface area (Å²) < 4.78 is 38.0. The first-order valence-electron chi connectivity index (χ1n) is 16.6. The summed E-state index contributed by atoms with van der Waals surface area (Å²) in [7, 11) is 1.87. The molecule has 3 heterocycles. The van der Waals surface area contributed by atoms with Crippen molar-refractivity contribution in [3.8, 4) is 0 Å². The summed E-state index contributed by atoms with van der Waals surface area (Å²) in [5.41, 5.74) is 1.33. The van der Waals surface area contributed by atoms with E-state index in [2.05, 4.69) is 22.0 Å². The lowest BCUT2D eigenvalue weighted by Crippen LogP contribution is -2.56. The molecule has 4 fully saturated rings. The highest BCUT2D eigenvalue weighted by Gasteiger charge is 2.55. The van der Waals surface area contributed by atoms with Crippen molar-refractivity contribution in [3.63, 3.8) is 0 Å². The Morgan fingerprint density at radius 2 is 1.64 bits per heavy atom. The number of piperidine rings is 2. The number of anilines is 1. The fourth-order valence-corrected chi connectivity index (χ4v) is 7.57. The number of carboxylic acid groups (broad SMARTS) is 1. The van der Waals surface area contributed by atoms with Gasteiger partial charge in [0, 0.05) is 64.3 Å². The second-order valence-corrected chi connectivity index (χ2v) is 12.9. The maximum atomic E-state index is 13.2. The Morgan fingerprint density at radius 1 is 1.02 bits per heavy atom. The van der Waals surface area contributed by atoms with Crippen LogP contribution in [0.3, 0.4) is 0 Å². The van der Waals surface area contributed by atoms with Crippen LogP contribution in [0.25, 0.3) is 0 Å². The number of hydrogen-bond donors (Lipinski definition) is 2. The number of nitrogens with zero attached hydrogens (tertiary/aromatic N) is 3. The van der Waals surface area contributed by atoms with Gasteiger partial charge in [0.2, 0.25) is 0 Å². The second kappa shape index (κ2) is 15.5. The zero-order valence-electron chi connectivity index (χ0n) is 26.6. The molecule has 9 nitrogen and oxygen atoms in total. The van der Waals surface area contributed by atoms with Gasteiger partial charge in [0.1, 0.15) is 5.60 Å². The first-order valence-corrected chi connectivity index (χ1v) is 16.6. The number of carbonyl (C=O) groups excluding carboxylic acids is 2. The van der Waals surface area contributed by atoms with E-state index in [0.717, 1.165) is 88.9 Å². The first kappa shape index (κ1) is 34.8. The molecule has 0 aromatic heterocycles. The SMILES string of the molecule is CCCCC1N(CC2CCCCC2)C(=O)OC12CCN(C1CCN(C(=O)c3ccccc3NC)CC1)CC2.O=C(O)C(F)(F)F. The van der Waals surface area contributed by atoms with Gasteiger partial charge in [-0.1, -0.05) is 51.2 Å². The monoisotopic (exact) mass is 638 g/mol. The second-order valence-electron chi connectivity index (χ2n) is 12.9. The van der Waals surface area contributed by atoms with Crippen LogP contribution in [0.5, 0.6) is 0 Å². The molecule has 1 aromatic carbocycles. The van der Waals surface area contributed by atoms with Crippen molar-refractivity contribution >= 4 is 23.7 Å². The van der Waals surface area contributed by atoms with Gasteiger partial charge in [-0.15, -0.1) is 0 Å². The lowest BCUT2D eigenvalue weighted by molar-refractivity contribution is -0.192. The zero-order valence-corrected chi connectivity index (χ0v) is 26.6. The third kappa shape index (κ3) is 8.62. The van der Waals surface area contributed by atoms with E-state index in [1.807, 2.05) is 36.2 Å². The number of carboxylic acids is 1. The van der Waals surface area contributed by atoms with Crippen molar-refractivity contribution < 1.29 is 37.4 Å². The van der Waals surface area contributed by atoms with Gasteiger partial charge in [0.25, 0.3) is 5.91 Å². The highest BCUT2D eigenvalue weighted by atomic mass is 19.4. The quantitative estimate of drug-likeness (QED) is 0.340. The molecule has 1 aromatic rings. The van der Waals surface area contributed by atoms with Crippen molar-refractivity contribution in [1.29, 1.82) is 0 Å². The molecule has 3 aliphatic heterocycles. The average Bonchev–Trinajstić information content (AvgIpc) is 3.29. The zero-order chi connectivity index (χ0) is 32.6. The number of likely N-dealkylation sites (tertiary alicyclic amines) is 2. The summed E-state index contributed by atoms with van der Waals surface area (Å²) in [6.45, 7) is 6.69. The topological polar surface area (TPSA) is 102 Å². The molecule has 1 atom stereocenters. The van der Waals surface area contributed by atoms with Gasteiger partial charge in [0.15, 0.2) is 0 Å². The minimum atomic E-state index is -5.08. The van der Waals surface area contributed by atoms with Gasteiger partial charge in [-0.2, -0.15) is 13.2 Å². The van der Waals surface area contributed by atoms with Crippen LogP contribution in [0, 0.1) is 5.92 Å². The normalized spacial score (nSPS) is 23.0. The van der Waals surface area contributed by atoms with Gasteiger partial charge in [-0.25, -0.2) is 9.59 Å². The van der Waals surface area contributed by atoms with E-state index < -0.39 is 12.1 Å². The maximum absolute atomic E-state index is 13.2. The number of unbranched alkanes of at least 4 members (excludes halogenated alkanes) is 1. The summed E-state index contributed by atoms with van der Waals surface area (Å²) in [5.74, 6) is -1.99. The minimum absolute atomic E-state index is 0.0567. The van der Waals surface area contributed by atoms with Crippen LogP contribution in [-0.4, -0.2) is 101 Å². The average molecular weight is 639 g/mol. The van der Waals surface area contributed by atoms with Crippen LogP contribution >= 0.6 is 0 Å². The van der Waals surface area contributed by atoms with E-state index in [1.54, 1.807) is 0 Å². The molecule has 1 spiro atoms. The summed E-state index contributed by atoms with van der Waals surface area (Å²) in [6, 6.07) is 8.50. The Labute approximate surface area is 264 Å². The Bertz CT molecular complexity index is 1140. The van der Waals surface area contributed by atoms with E-state index in [-0.39, 0.29) is 23.6 Å². The molecule has 45 heavy (non-hydrogen) atoms. The Kier molecular flexibility index (Phi) is 12.0. The molecule has 1 saturated carbocycles. The number of hydrogen-bond acceptors (Lipinski definition) is 6. The van der Waals surface area contributed by atoms with E-state index in [1.165, 1.54) is 32.1 Å². The highest BCUT2D eigenvalue weighted by Crippen LogP contribution is 2.43. The Morgan fingerprint density at radius 3 is 2.22 bits per heavy atom. The van der Waals surface area contributed by atoms with Crippen molar-refractivity contribution in [2.45, 2.75) is 108 Å². The number of rotatable bonds is 8. The van der Waals surface area contributed by atoms with Crippen molar-refractivity contribution in [2.75, 3.05) is 45.1 Å². The number of carbonyl (C=O) groups is 3.